The van der Waals surface area contributed by atoms with Crippen molar-refractivity contribution in [2.75, 3.05) is 4.90 Å². The van der Waals surface area contributed by atoms with Crippen LogP contribution in [0.15, 0.2) is 182 Å². The van der Waals surface area contributed by atoms with E-state index >= 15 is 0 Å². The maximum absolute atomic E-state index is 2.43. The van der Waals surface area contributed by atoms with Crippen molar-refractivity contribution in [2.45, 2.75) is 0 Å². The predicted octanol–water partition coefficient (Wildman–Crippen LogP) is 14.1. The van der Waals surface area contributed by atoms with Gasteiger partial charge in [-0.1, -0.05) is 121 Å². The van der Waals surface area contributed by atoms with E-state index < -0.39 is 0 Å². The van der Waals surface area contributed by atoms with Gasteiger partial charge in [-0.15, -0.1) is 11.3 Å². The second-order valence-corrected chi connectivity index (χ2v) is 14.3. The molecule has 0 aliphatic rings. The van der Waals surface area contributed by atoms with Gasteiger partial charge in [0.2, 0.25) is 0 Å². The molecule has 0 radical (unpaired) electrons. The summed E-state index contributed by atoms with van der Waals surface area (Å²) < 4.78 is 5.09. The predicted molar refractivity (Wildman–Crippen MR) is 221 cm³/mol. The van der Waals surface area contributed by atoms with Crippen molar-refractivity contribution in [1.82, 2.24) is 4.57 Å². The lowest BCUT2D eigenvalue weighted by Gasteiger charge is -2.27. The number of anilines is 3. The lowest BCUT2D eigenvalue weighted by Crippen LogP contribution is -2.10. The Balaban J connectivity index is 1.20. The molecular weight excluding hydrogens is 637 g/mol. The van der Waals surface area contributed by atoms with Gasteiger partial charge in [-0.2, -0.15) is 0 Å². The van der Waals surface area contributed by atoms with Crippen LogP contribution in [0.25, 0.3) is 80.0 Å². The summed E-state index contributed by atoms with van der Waals surface area (Å²) in [5.41, 5.74) is 6.95. The molecule has 3 heteroatoms. The molecule has 0 atom stereocenters. The fourth-order valence-corrected chi connectivity index (χ4v) is 9.65. The first-order valence-corrected chi connectivity index (χ1v) is 18.3. The first kappa shape index (κ1) is 28.4. The number of thiophene rings is 1. The van der Waals surface area contributed by atoms with E-state index in [9.17, 15) is 0 Å². The van der Waals surface area contributed by atoms with E-state index in [1.807, 2.05) is 11.3 Å². The molecule has 51 heavy (non-hydrogen) atoms. The van der Waals surface area contributed by atoms with Crippen molar-refractivity contribution in [3.05, 3.63) is 182 Å². The van der Waals surface area contributed by atoms with Crippen LogP contribution < -0.4 is 4.90 Å². The molecule has 0 spiro atoms. The van der Waals surface area contributed by atoms with Gasteiger partial charge in [-0.25, -0.2) is 0 Å². The number of rotatable bonds is 4. The third-order valence-corrected chi connectivity index (χ3v) is 11.7. The van der Waals surface area contributed by atoms with Crippen molar-refractivity contribution >= 4 is 103 Å². The van der Waals surface area contributed by atoms with Crippen molar-refractivity contribution in [1.29, 1.82) is 0 Å². The third kappa shape index (κ3) is 4.16. The summed E-state index contributed by atoms with van der Waals surface area (Å²) in [6, 6.07) is 66.5. The van der Waals surface area contributed by atoms with Crippen molar-refractivity contribution in [3.63, 3.8) is 0 Å². The highest BCUT2D eigenvalue weighted by molar-refractivity contribution is 7.27. The fraction of sp³-hybridized carbons (Fsp3) is 0. The lowest BCUT2D eigenvalue weighted by molar-refractivity contribution is 1.18. The van der Waals surface area contributed by atoms with Gasteiger partial charge >= 0.3 is 0 Å². The second kappa shape index (κ2) is 11.0. The number of hydrogen-bond donors (Lipinski definition) is 0. The molecule has 238 valence electrons. The van der Waals surface area contributed by atoms with Crippen LogP contribution in [-0.4, -0.2) is 4.57 Å². The quantitative estimate of drug-likeness (QED) is 0.170. The Labute approximate surface area is 298 Å². The Bertz CT molecular complexity index is 3140. The molecule has 2 aromatic heterocycles. The largest absolute Gasteiger partial charge is 0.310 e. The molecule has 0 N–H and O–H groups in total. The first-order valence-electron chi connectivity index (χ1n) is 17.4. The van der Waals surface area contributed by atoms with Crippen molar-refractivity contribution in [3.8, 4) is 5.69 Å². The summed E-state index contributed by atoms with van der Waals surface area (Å²) >= 11 is 1.91. The summed E-state index contributed by atoms with van der Waals surface area (Å²) in [7, 11) is 0. The normalized spacial score (nSPS) is 11.9. The van der Waals surface area contributed by atoms with Gasteiger partial charge in [0.15, 0.2) is 0 Å². The molecule has 2 nitrogen and oxygen atoms in total. The minimum Gasteiger partial charge on any atom is -0.310 e. The summed E-state index contributed by atoms with van der Waals surface area (Å²) in [6.07, 6.45) is 0. The highest BCUT2D eigenvalue weighted by Gasteiger charge is 2.22. The second-order valence-electron chi connectivity index (χ2n) is 13.3. The number of para-hydroxylation sites is 3. The maximum Gasteiger partial charge on any atom is 0.0562 e. The van der Waals surface area contributed by atoms with Crippen LogP contribution in [0.3, 0.4) is 0 Å². The molecule has 11 aromatic rings. The van der Waals surface area contributed by atoms with E-state index in [1.165, 1.54) is 74.3 Å². The van der Waals surface area contributed by atoms with E-state index in [0.29, 0.717) is 0 Å². The smallest absolute Gasteiger partial charge is 0.0562 e. The van der Waals surface area contributed by atoms with E-state index in [-0.39, 0.29) is 0 Å². The van der Waals surface area contributed by atoms with E-state index in [2.05, 4.69) is 191 Å². The molecule has 0 aliphatic heterocycles. The standard InChI is InChI=1S/C48H30N2S/c1-3-14-32(15-4-1)49(42-23-13-24-43-47(42)38-20-9-11-22-41(38)50(43)33-16-5-2-6-17-33)34-27-29-35-31(30-34)26-28-40-45(35)36-18-7-8-19-37(36)46-39-21-10-12-25-44(39)51-48(40)46/h1-30H. The zero-order valence-corrected chi connectivity index (χ0v) is 28.4. The number of benzene rings is 9. The van der Waals surface area contributed by atoms with Gasteiger partial charge in [0.1, 0.15) is 0 Å². The molecule has 0 unspecified atom stereocenters. The number of fused-ring (bicyclic) bond motifs is 13. The van der Waals surface area contributed by atoms with Crippen molar-refractivity contribution in [2.24, 2.45) is 0 Å². The summed E-state index contributed by atoms with van der Waals surface area (Å²) in [5, 5.41) is 13.0. The minimum absolute atomic E-state index is 1.12. The fourth-order valence-electron chi connectivity index (χ4n) is 8.40. The van der Waals surface area contributed by atoms with Crippen LogP contribution in [-0.2, 0) is 0 Å². The molecule has 9 aromatic carbocycles. The Morgan fingerprint density at radius 2 is 1.04 bits per heavy atom. The Hall–Kier alpha value is -6.42. The third-order valence-electron chi connectivity index (χ3n) is 10.5. The molecule has 0 bridgehead atoms. The lowest BCUT2D eigenvalue weighted by atomic mass is 9.93. The number of hydrogen-bond acceptors (Lipinski definition) is 2. The van der Waals surface area contributed by atoms with Crippen LogP contribution in [0.4, 0.5) is 17.1 Å². The van der Waals surface area contributed by atoms with E-state index in [1.54, 1.807) is 0 Å². The highest BCUT2D eigenvalue weighted by Crippen LogP contribution is 2.48. The van der Waals surface area contributed by atoms with Gasteiger partial charge in [-0.3, -0.25) is 0 Å². The van der Waals surface area contributed by atoms with E-state index in [0.717, 1.165) is 22.7 Å². The molecule has 0 amide bonds. The number of aromatic nitrogens is 1. The summed E-state index contributed by atoms with van der Waals surface area (Å²) in [6.45, 7) is 0. The highest BCUT2D eigenvalue weighted by atomic mass is 32.1. The van der Waals surface area contributed by atoms with Gasteiger partial charge in [0, 0.05) is 53.4 Å². The SMILES string of the molecule is c1ccc(N(c2ccc3c(ccc4c5sc6ccccc6c5c5ccccc5c34)c2)c2cccc3c2c2ccccc2n3-c2ccccc2)cc1. The minimum atomic E-state index is 1.12. The zero-order valence-electron chi connectivity index (χ0n) is 27.6. The van der Waals surface area contributed by atoms with Crippen molar-refractivity contribution < 1.29 is 0 Å². The summed E-state index contributed by atoms with van der Waals surface area (Å²) in [4.78, 5) is 2.43. The van der Waals surface area contributed by atoms with Crippen LogP contribution in [0, 0.1) is 0 Å². The van der Waals surface area contributed by atoms with Gasteiger partial charge in [0.05, 0.1) is 16.7 Å². The first-order chi connectivity index (χ1) is 25.3. The molecule has 0 saturated heterocycles. The maximum atomic E-state index is 2.43. The molecule has 0 aliphatic carbocycles. The molecule has 2 heterocycles. The van der Waals surface area contributed by atoms with Gasteiger partial charge in [-0.05, 0) is 87.6 Å². The molecule has 0 saturated carbocycles. The molecule has 0 fully saturated rings. The van der Waals surface area contributed by atoms with Crippen LogP contribution in [0.2, 0.25) is 0 Å². The number of nitrogens with zero attached hydrogens (tertiary/aromatic N) is 2. The van der Waals surface area contributed by atoms with Gasteiger partial charge < -0.3 is 9.47 Å². The molecular formula is C48H30N2S. The Morgan fingerprint density at radius 1 is 0.392 bits per heavy atom. The van der Waals surface area contributed by atoms with Crippen LogP contribution >= 0.6 is 11.3 Å². The zero-order chi connectivity index (χ0) is 33.5. The monoisotopic (exact) mass is 666 g/mol. The average molecular weight is 667 g/mol. The Kier molecular flexibility index (Phi) is 6.16. The summed E-state index contributed by atoms with van der Waals surface area (Å²) in [5.74, 6) is 0. The van der Waals surface area contributed by atoms with Gasteiger partial charge in [0.25, 0.3) is 0 Å². The molecule has 11 rings (SSSR count). The Morgan fingerprint density at radius 3 is 1.86 bits per heavy atom. The average Bonchev–Trinajstić information content (AvgIpc) is 3.76. The van der Waals surface area contributed by atoms with Crippen LogP contribution in [0.1, 0.15) is 0 Å². The topological polar surface area (TPSA) is 8.17 Å². The van der Waals surface area contributed by atoms with Crippen LogP contribution in [0.5, 0.6) is 0 Å². The van der Waals surface area contributed by atoms with E-state index in [4.69, 9.17) is 0 Å².